The standard InChI is InChI=1S/C16H18ClN3O3/c1-3-20(16(22)9-13-6-7-23-19-13)10-15(21)18-14-8-12(17)5-4-11(14)2/h4-8H,3,9-10H2,1-2H3,(H,18,21). The summed E-state index contributed by atoms with van der Waals surface area (Å²) in [7, 11) is 0. The Bertz CT molecular complexity index is 686. The Kier molecular flexibility index (Phi) is 5.76. The molecule has 0 fully saturated rings. The molecule has 0 saturated heterocycles. The van der Waals surface area contributed by atoms with Gasteiger partial charge in [-0.25, -0.2) is 0 Å². The average molecular weight is 336 g/mol. The third-order valence-electron chi connectivity index (χ3n) is 3.37. The molecule has 0 unspecified atom stereocenters. The number of hydrogen-bond donors (Lipinski definition) is 1. The van der Waals surface area contributed by atoms with E-state index in [2.05, 4.69) is 10.5 Å². The van der Waals surface area contributed by atoms with Gasteiger partial charge in [0, 0.05) is 23.3 Å². The number of aryl methyl sites for hydroxylation is 1. The van der Waals surface area contributed by atoms with Gasteiger partial charge in [-0.15, -0.1) is 0 Å². The van der Waals surface area contributed by atoms with E-state index in [0.717, 1.165) is 5.56 Å². The van der Waals surface area contributed by atoms with Crippen LogP contribution < -0.4 is 5.32 Å². The third kappa shape index (κ3) is 4.82. The molecule has 122 valence electrons. The lowest BCUT2D eigenvalue weighted by molar-refractivity contribution is -0.133. The van der Waals surface area contributed by atoms with E-state index in [1.54, 1.807) is 18.2 Å². The summed E-state index contributed by atoms with van der Waals surface area (Å²) in [6, 6.07) is 6.89. The molecule has 1 aromatic heterocycles. The highest BCUT2D eigenvalue weighted by atomic mass is 35.5. The zero-order valence-corrected chi connectivity index (χ0v) is 13.8. The number of carbonyl (C=O) groups excluding carboxylic acids is 2. The predicted octanol–water partition coefficient (Wildman–Crippen LogP) is 2.67. The molecule has 0 saturated carbocycles. The minimum absolute atomic E-state index is 0.0286. The summed E-state index contributed by atoms with van der Waals surface area (Å²) in [5, 5.41) is 7.02. The first-order chi connectivity index (χ1) is 11.0. The Hall–Kier alpha value is -2.34. The normalized spacial score (nSPS) is 10.4. The van der Waals surface area contributed by atoms with Crippen LogP contribution >= 0.6 is 11.6 Å². The highest BCUT2D eigenvalue weighted by molar-refractivity contribution is 6.31. The highest BCUT2D eigenvalue weighted by Gasteiger charge is 2.17. The van der Waals surface area contributed by atoms with Crippen molar-refractivity contribution in [3.63, 3.8) is 0 Å². The molecule has 23 heavy (non-hydrogen) atoms. The molecule has 2 rings (SSSR count). The van der Waals surface area contributed by atoms with E-state index in [1.807, 2.05) is 19.9 Å². The first-order valence-corrected chi connectivity index (χ1v) is 7.60. The van der Waals surface area contributed by atoms with E-state index in [9.17, 15) is 9.59 Å². The van der Waals surface area contributed by atoms with Crippen molar-refractivity contribution >= 4 is 29.1 Å². The molecule has 1 heterocycles. The van der Waals surface area contributed by atoms with E-state index in [4.69, 9.17) is 16.1 Å². The van der Waals surface area contributed by atoms with Crippen molar-refractivity contribution in [3.8, 4) is 0 Å². The summed E-state index contributed by atoms with van der Waals surface area (Å²) in [6.07, 6.45) is 1.52. The predicted molar refractivity (Wildman–Crippen MR) is 87.3 cm³/mol. The van der Waals surface area contributed by atoms with Crippen molar-refractivity contribution in [1.29, 1.82) is 0 Å². The van der Waals surface area contributed by atoms with Crippen LogP contribution in [0.25, 0.3) is 0 Å². The number of anilines is 1. The van der Waals surface area contributed by atoms with Crippen molar-refractivity contribution in [3.05, 3.63) is 46.8 Å². The lowest BCUT2D eigenvalue weighted by Crippen LogP contribution is -2.38. The number of amides is 2. The van der Waals surface area contributed by atoms with Crippen molar-refractivity contribution in [1.82, 2.24) is 10.1 Å². The first kappa shape index (κ1) is 17.0. The SMILES string of the molecule is CCN(CC(=O)Nc1cc(Cl)ccc1C)C(=O)Cc1ccon1. The van der Waals surface area contributed by atoms with Gasteiger partial charge in [-0.3, -0.25) is 9.59 Å². The van der Waals surface area contributed by atoms with Crippen LogP contribution in [0.4, 0.5) is 5.69 Å². The van der Waals surface area contributed by atoms with Crippen molar-refractivity contribution in [2.24, 2.45) is 0 Å². The maximum Gasteiger partial charge on any atom is 0.244 e. The zero-order chi connectivity index (χ0) is 16.8. The summed E-state index contributed by atoms with van der Waals surface area (Å²) in [5.74, 6) is -0.454. The van der Waals surface area contributed by atoms with Crippen LogP contribution in [-0.4, -0.2) is 35.0 Å². The van der Waals surface area contributed by atoms with Gasteiger partial charge in [0.1, 0.15) is 6.26 Å². The minimum Gasteiger partial charge on any atom is -0.364 e. The van der Waals surface area contributed by atoms with Crippen molar-refractivity contribution in [2.45, 2.75) is 20.3 Å². The van der Waals surface area contributed by atoms with Crippen molar-refractivity contribution < 1.29 is 14.1 Å². The number of halogens is 1. The second kappa shape index (κ2) is 7.78. The van der Waals surface area contributed by atoms with Gasteiger partial charge < -0.3 is 14.7 Å². The van der Waals surface area contributed by atoms with E-state index in [1.165, 1.54) is 11.2 Å². The highest BCUT2D eigenvalue weighted by Crippen LogP contribution is 2.20. The number of rotatable bonds is 6. The lowest BCUT2D eigenvalue weighted by atomic mass is 10.2. The maximum absolute atomic E-state index is 12.2. The Morgan fingerprint density at radius 2 is 2.13 bits per heavy atom. The summed E-state index contributed by atoms with van der Waals surface area (Å²) in [6.45, 7) is 4.09. The topological polar surface area (TPSA) is 75.4 Å². The number of hydrogen-bond acceptors (Lipinski definition) is 4. The summed E-state index contributed by atoms with van der Waals surface area (Å²) in [4.78, 5) is 25.8. The number of aromatic nitrogens is 1. The molecule has 6 nitrogen and oxygen atoms in total. The molecule has 0 aliphatic rings. The van der Waals surface area contributed by atoms with Crippen LogP contribution in [0.3, 0.4) is 0 Å². The number of likely N-dealkylation sites (N-methyl/N-ethyl adjacent to an activating group) is 1. The quantitative estimate of drug-likeness (QED) is 0.880. The number of nitrogens with zero attached hydrogens (tertiary/aromatic N) is 2. The molecule has 0 spiro atoms. The fraction of sp³-hybridized carbons (Fsp3) is 0.312. The molecule has 1 N–H and O–H groups in total. The molecular weight excluding hydrogens is 318 g/mol. The van der Waals surface area contributed by atoms with Gasteiger partial charge >= 0.3 is 0 Å². The molecule has 2 amide bonds. The molecule has 2 aromatic rings. The fourth-order valence-electron chi connectivity index (χ4n) is 2.06. The Morgan fingerprint density at radius 1 is 1.35 bits per heavy atom. The molecule has 0 atom stereocenters. The van der Waals surface area contributed by atoms with Gasteiger partial charge in [0.2, 0.25) is 11.8 Å². The van der Waals surface area contributed by atoms with E-state index >= 15 is 0 Å². The maximum atomic E-state index is 12.2. The average Bonchev–Trinajstić information content (AvgIpc) is 3.01. The summed E-state index contributed by atoms with van der Waals surface area (Å²) in [5.41, 5.74) is 2.08. The molecule has 7 heteroatoms. The zero-order valence-electron chi connectivity index (χ0n) is 13.0. The van der Waals surface area contributed by atoms with E-state index < -0.39 is 0 Å². The van der Waals surface area contributed by atoms with Crippen molar-refractivity contribution in [2.75, 3.05) is 18.4 Å². The van der Waals surface area contributed by atoms with E-state index in [0.29, 0.717) is 22.9 Å². The minimum atomic E-state index is -0.272. The molecule has 0 aliphatic heterocycles. The Labute approximate surface area is 139 Å². The smallest absolute Gasteiger partial charge is 0.244 e. The lowest BCUT2D eigenvalue weighted by Gasteiger charge is -2.20. The van der Waals surface area contributed by atoms with Gasteiger partial charge in [0.15, 0.2) is 0 Å². The molecule has 1 aromatic carbocycles. The van der Waals surface area contributed by atoms with Gasteiger partial charge in [-0.05, 0) is 31.5 Å². The fourth-order valence-corrected chi connectivity index (χ4v) is 2.24. The van der Waals surface area contributed by atoms with Crippen LogP contribution in [0.15, 0.2) is 35.1 Å². The Morgan fingerprint density at radius 3 is 2.78 bits per heavy atom. The first-order valence-electron chi connectivity index (χ1n) is 7.22. The van der Waals surface area contributed by atoms with Gasteiger partial charge in [-0.1, -0.05) is 22.8 Å². The van der Waals surface area contributed by atoms with Gasteiger partial charge in [0.05, 0.1) is 18.7 Å². The monoisotopic (exact) mass is 335 g/mol. The Balaban J connectivity index is 1.96. The third-order valence-corrected chi connectivity index (χ3v) is 3.60. The molecule has 0 bridgehead atoms. The summed E-state index contributed by atoms with van der Waals surface area (Å²) < 4.78 is 4.70. The van der Waals surface area contributed by atoms with Crippen LogP contribution in [0.5, 0.6) is 0 Å². The molecule has 0 radical (unpaired) electrons. The second-order valence-corrected chi connectivity index (χ2v) is 5.52. The van der Waals surface area contributed by atoms with E-state index in [-0.39, 0.29) is 24.8 Å². The number of carbonyl (C=O) groups is 2. The largest absolute Gasteiger partial charge is 0.364 e. The summed E-state index contributed by atoms with van der Waals surface area (Å²) >= 11 is 5.93. The van der Waals surface area contributed by atoms with Crippen LogP contribution in [0.1, 0.15) is 18.2 Å². The van der Waals surface area contributed by atoms with Crippen LogP contribution in [0, 0.1) is 6.92 Å². The molecule has 0 aliphatic carbocycles. The van der Waals surface area contributed by atoms with Crippen LogP contribution in [-0.2, 0) is 16.0 Å². The van der Waals surface area contributed by atoms with Crippen LogP contribution in [0.2, 0.25) is 5.02 Å². The molecular formula is C16H18ClN3O3. The second-order valence-electron chi connectivity index (χ2n) is 5.08. The van der Waals surface area contributed by atoms with Gasteiger partial charge in [0.25, 0.3) is 0 Å². The van der Waals surface area contributed by atoms with Gasteiger partial charge in [-0.2, -0.15) is 0 Å². The number of nitrogens with one attached hydrogen (secondary N) is 1. The number of benzene rings is 1.